The average Bonchev–Trinajstić information content (AvgIpc) is 2.98. The summed E-state index contributed by atoms with van der Waals surface area (Å²) in [5.74, 6) is -1.30. The molecule has 1 saturated heterocycles. The highest BCUT2D eigenvalue weighted by molar-refractivity contribution is 5.97. The third-order valence-electron chi connectivity index (χ3n) is 3.22. The molecule has 1 N–H and O–H groups in total. The molecule has 1 fully saturated rings. The number of aromatic nitrogens is 1. The molecule has 1 unspecified atom stereocenters. The van der Waals surface area contributed by atoms with Crippen molar-refractivity contribution in [3.63, 3.8) is 0 Å². The van der Waals surface area contributed by atoms with Crippen molar-refractivity contribution in [1.82, 2.24) is 9.88 Å². The molecule has 2 heterocycles. The highest BCUT2D eigenvalue weighted by Gasteiger charge is 2.26. The van der Waals surface area contributed by atoms with Crippen molar-refractivity contribution in [1.29, 1.82) is 0 Å². The first kappa shape index (κ1) is 14.2. The van der Waals surface area contributed by atoms with Crippen LogP contribution in [0.3, 0.4) is 0 Å². The van der Waals surface area contributed by atoms with Gasteiger partial charge in [-0.15, -0.1) is 0 Å². The fourth-order valence-electron chi connectivity index (χ4n) is 2.05. The van der Waals surface area contributed by atoms with Gasteiger partial charge in [0.1, 0.15) is 5.69 Å². The maximum Gasteiger partial charge on any atom is 0.328 e. The molecule has 0 radical (unpaired) electrons. The third kappa shape index (κ3) is 3.21. The lowest BCUT2D eigenvalue weighted by Crippen LogP contribution is -2.38. The van der Waals surface area contributed by atoms with Crippen molar-refractivity contribution in [3.8, 4) is 0 Å². The van der Waals surface area contributed by atoms with Crippen LogP contribution in [0.5, 0.6) is 0 Å². The average molecular weight is 276 g/mol. The van der Waals surface area contributed by atoms with Crippen molar-refractivity contribution < 1.29 is 19.4 Å². The summed E-state index contributed by atoms with van der Waals surface area (Å²) in [4.78, 5) is 28.7. The molecule has 0 spiro atoms. The zero-order valence-electron chi connectivity index (χ0n) is 11.2. The summed E-state index contributed by atoms with van der Waals surface area (Å²) in [6.45, 7) is 1.17. The van der Waals surface area contributed by atoms with Crippen LogP contribution in [-0.2, 0) is 9.53 Å². The van der Waals surface area contributed by atoms with Gasteiger partial charge in [-0.2, -0.15) is 0 Å². The molecular formula is C14H16N2O4. The molecule has 0 saturated carbocycles. The summed E-state index contributed by atoms with van der Waals surface area (Å²) in [5.41, 5.74) is 0.741. The van der Waals surface area contributed by atoms with Gasteiger partial charge in [-0.05, 0) is 18.6 Å². The Balaban J connectivity index is 2.22. The summed E-state index contributed by atoms with van der Waals surface area (Å²) in [7, 11) is 1.71. The van der Waals surface area contributed by atoms with E-state index in [0.29, 0.717) is 18.8 Å². The van der Waals surface area contributed by atoms with Crippen LogP contribution in [0, 0.1) is 0 Å². The number of hydrogen-bond donors (Lipinski definition) is 1. The van der Waals surface area contributed by atoms with E-state index >= 15 is 0 Å². The molecule has 6 nitrogen and oxygen atoms in total. The van der Waals surface area contributed by atoms with Crippen LogP contribution in [0.25, 0.3) is 6.08 Å². The van der Waals surface area contributed by atoms with E-state index < -0.39 is 5.97 Å². The lowest BCUT2D eigenvalue weighted by molar-refractivity contribution is -0.131. The smallest absolute Gasteiger partial charge is 0.328 e. The summed E-state index contributed by atoms with van der Waals surface area (Å²) in [6.07, 6.45) is 4.69. The maximum absolute atomic E-state index is 12.4. The van der Waals surface area contributed by atoms with Gasteiger partial charge in [0.25, 0.3) is 5.91 Å². The standard InChI is InChI=1S/C14H16N2O4/c1-16(11-6-8-20-9-11)14(19)13-10(3-2-7-15-13)4-5-12(17)18/h2-5,7,11H,6,8-9H2,1H3,(H,17,18)/b5-4+. The summed E-state index contributed by atoms with van der Waals surface area (Å²) >= 11 is 0. The van der Waals surface area contributed by atoms with Gasteiger partial charge in [-0.25, -0.2) is 4.79 Å². The molecule has 1 aromatic heterocycles. The molecule has 1 atom stereocenters. The summed E-state index contributed by atoms with van der Waals surface area (Å²) in [6, 6.07) is 3.37. The monoisotopic (exact) mass is 276 g/mol. The Morgan fingerprint density at radius 2 is 2.35 bits per heavy atom. The zero-order valence-corrected chi connectivity index (χ0v) is 11.2. The van der Waals surface area contributed by atoms with Crippen LogP contribution >= 0.6 is 0 Å². The number of carbonyl (C=O) groups is 2. The van der Waals surface area contributed by atoms with E-state index in [1.54, 1.807) is 24.1 Å². The number of amides is 1. The van der Waals surface area contributed by atoms with Crippen molar-refractivity contribution in [2.45, 2.75) is 12.5 Å². The zero-order chi connectivity index (χ0) is 14.5. The molecule has 106 valence electrons. The Morgan fingerprint density at radius 1 is 1.55 bits per heavy atom. The molecule has 2 rings (SSSR count). The van der Waals surface area contributed by atoms with Crippen molar-refractivity contribution in [3.05, 3.63) is 35.7 Å². The normalized spacial score (nSPS) is 18.4. The molecule has 6 heteroatoms. The third-order valence-corrected chi connectivity index (χ3v) is 3.22. The molecule has 0 bridgehead atoms. The number of ether oxygens (including phenoxy) is 1. The first-order valence-corrected chi connectivity index (χ1v) is 6.30. The van der Waals surface area contributed by atoms with Gasteiger partial charge in [0.2, 0.25) is 0 Å². The van der Waals surface area contributed by atoms with Crippen molar-refractivity contribution in [2.75, 3.05) is 20.3 Å². The number of carboxylic acids is 1. The minimum atomic E-state index is -1.07. The van der Waals surface area contributed by atoms with Crippen LogP contribution < -0.4 is 0 Å². The Hall–Kier alpha value is -2.21. The first-order valence-electron chi connectivity index (χ1n) is 6.30. The maximum atomic E-state index is 12.4. The van der Waals surface area contributed by atoms with Gasteiger partial charge in [-0.1, -0.05) is 6.07 Å². The Labute approximate surface area is 116 Å². The minimum absolute atomic E-state index is 0.0424. The van der Waals surface area contributed by atoms with Crippen LogP contribution in [-0.4, -0.2) is 53.2 Å². The minimum Gasteiger partial charge on any atom is -0.478 e. The lowest BCUT2D eigenvalue weighted by Gasteiger charge is -2.23. The van der Waals surface area contributed by atoms with E-state index in [-0.39, 0.29) is 17.6 Å². The van der Waals surface area contributed by atoms with E-state index in [9.17, 15) is 9.59 Å². The number of carbonyl (C=O) groups excluding carboxylic acids is 1. The van der Waals surface area contributed by atoms with E-state index in [2.05, 4.69) is 4.98 Å². The van der Waals surface area contributed by atoms with Crippen LogP contribution in [0.1, 0.15) is 22.5 Å². The first-order chi connectivity index (χ1) is 9.59. The second kappa shape index (κ2) is 6.29. The van der Waals surface area contributed by atoms with E-state index in [0.717, 1.165) is 12.5 Å². The Bertz CT molecular complexity index is 536. The summed E-state index contributed by atoms with van der Waals surface area (Å²) in [5, 5.41) is 8.67. The SMILES string of the molecule is CN(C(=O)c1ncccc1/C=C/C(=O)O)C1CCOC1. The van der Waals surface area contributed by atoms with Gasteiger partial charge in [0.05, 0.1) is 12.6 Å². The molecule has 1 aromatic rings. The Kier molecular flexibility index (Phi) is 4.47. The van der Waals surface area contributed by atoms with E-state index in [4.69, 9.17) is 9.84 Å². The lowest BCUT2D eigenvalue weighted by atomic mass is 10.1. The summed E-state index contributed by atoms with van der Waals surface area (Å²) < 4.78 is 5.27. The molecular weight excluding hydrogens is 260 g/mol. The number of carboxylic acid groups (broad SMARTS) is 1. The van der Waals surface area contributed by atoms with E-state index in [1.165, 1.54) is 12.3 Å². The highest BCUT2D eigenvalue weighted by atomic mass is 16.5. The fraction of sp³-hybridized carbons (Fsp3) is 0.357. The van der Waals surface area contributed by atoms with Crippen molar-refractivity contribution in [2.24, 2.45) is 0 Å². The Morgan fingerprint density at radius 3 is 3.00 bits per heavy atom. The molecule has 1 amide bonds. The number of aliphatic carboxylic acids is 1. The highest BCUT2D eigenvalue weighted by Crippen LogP contribution is 2.16. The molecule has 0 aliphatic carbocycles. The van der Waals surface area contributed by atoms with Crippen molar-refractivity contribution >= 4 is 18.0 Å². The number of likely N-dealkylation sites (N-methyl/N-ethyl adjacent to an activating group) is 1. The second-order valence-electron chi connectivity index (χ2n) is 4.55. The van der Waals surface area contributed by atoms with Gasteiger partial charge in [0.15, 0.2) is 0 Å². The van der Waals surface area contributed by atoms with Gasteiger partial charge in [-0.3, -0.25) is 9.78 Å². The van der Waals surface area contributed by atoms with Crippen LogP contribution in [0.2, 0.25) is 0 Å². The number of rotatable bonds is 4. The topological polar surface area (TPSA) is 79.7 Å². The second-order valence-corrected chi connectivity index (χ2v) is 4.55. The molecule has 1 aliphatic rings. The molecule has 0 aromatic carbocycles. The number of pyridine rings is 1. The quantitative estimate of drug-likeness (QED) is 0.831. The van der Waals surface area contributed by atoms with Crippen LogP contribution in [0.15, 0.2) is 24.4 Å². The van der Waals surface area contributed by atoms with E-state index in [1.807, 2.05) is 0 Å². The van der Waals surface area contributed by atoms with Gasteiger partial charge in [0, 0.05) is 31.5 Å². The van der Waals surface area contributed by atoms with Gasteiger partial charge < -0.3 is 14.7 Å². The van der Waals surface area contributed by atoms with Gasteiger partial charge >= 0.3 is 5.97 Å². The molecule has 20 heavy (non-hydrogen) atoms. The predicted molar refractivity (Wildman–Crippen MR) is 72.2 cm³/mol. The largest absolute Gasteiger partial charge is 0.478 e. The molecule has 1 aliphatic heterocycles. The predicted octanol–water partition coefficient (Wildman–Crippen LogP) is 1.04. The fourth-order valence-corrected chi connectivity index (χ4v) is 2.05. The number of hydrogen-bond acceptors (Lipinski definition) is 4. The number of nitrogens with zero attached hydrogens (tertiary/aromatic N) is 2. The van der Waals surface area contributed by atoms with Crippen LogP contribution in [0.4, 0.5) is 0 Å².